The van der Waals surface area contributed by atoms with E-state index in [1.165, 1.54) is 51.4 Å². The number of unbranched alkanes of at least 4 members (excludes halogenated alkanes) is 4. The molecule has 0 aliphatic rings. The normalized spacial score (nSPS) is 14.2. The molecule has 0 aromatic rings. The molecule has 0 heteroatoms. The Hall–Kier alpha value is 0. The molecule has 0 rings (SSSR count). The lowest BCUT2D eigenvalue weighted by atomic mass is 9.86. The standard InChI is InChI=1S/C15H32/c1-6-7-8-9-10-11-14(2)12-13-15(3,4)5/h14H,6-13H2,1-5H3. The molecule has 1 atom stereocenters. The van der Waals surface area contributed by atoms with Crippen molar-refractivity contribution < 1.29 is 0 Å². The van der Waals surface area contributed by atoms with Crippen LogP contribution in [0.4, 0.5) is 0 Å². The van der Waals surface area contributed by atoms with Gasteiger partial charge in [-0.15, -0.1) is 0 Å². The minimum atomic E-state index is 0.524. The first-order chi connectivity index (χ1) is 6.95. The van der Waals surface area contributed by atoms with Crippen LogP contribution >= 0.6 is 0 Å². The van der Waals surface area contributed by atoms with Crippen molar-refractivity contribution in [1.82, 2.24) is 0 Å². The summed E-state index contributed by atoms with van der Waals surface area (Å²) in [4.78, 5) is 0. The molecule has 0 saturated heterocycles. The van der Waals surface area contributed by atoms with E-state index >= 15 is 0 Å². The van der Waals surface area contributed by atoms with Gasteiger partial charge in [-0.25, -0.2) is 0 Å². The molecule has 0 amide bonds. The van der Waals surface area contributed by atoms with E-state index in [1.807, 2.05) is 0 Å². The molecule has 0 fully saturated rings. The van der Waals surface area contributed by atoms with Crippen molar-refractivity contribution in [3.05, 3.63) is 0 Å². The summed E-state index contributed by atoms with van der Waals surface area (Å²) in [5.41, 5.74) is 0.524. The highest BCUT2D eigenvalue weighted by Gasteiger charge is 2.12. The summed E-state index contributed by atoms with van der Waals surface area (Å²) in [6, 6.07) is 0. The largest absolute Gasteiger partial charge is 0.0654 e. The zero-order chi connectivity index (χ0) is 11.7. The molecule has 92 valence electrons. The minimum absolute atomic E-state index is 0.524. The van der Waals surface area contributed by atoms with E-state index in [4.69, 9.17) is 0 Å². The van der Waals surface area contributed by atoms with E-state index in [0.717, 1.165) is 5.92 Å². The van der Waals surface area contributed by atoms with Crippen molar-refractivity contribution in [2.75, 3.05) is 0 Å². The lowest BCUT2D eigenvalue weighted by Gasteiger charge is -2.20. The predicted octanol–water partition coefficient (Wildman–Crippen LogP) is 5.81. The zero-order valence-electron chi connectivity index (χ0n) is 11.7. The van der Waals surface area contributed by atoms with Crippen LogP contribution in [0.1, 0.15) is 86.0 Å². The maximum absolute atomic E-state index is 2.42. The van der Waals surface area contributed by atoms with Crippen LogP contribution in [0.15, 0.2) is 0 Å². The highest BCUT2D eigenvalue weighted by molar-refractivity contribution is 4.64. The maximum atomic E-state index is 2.42. The molecule has 0 nitrogen and oxygen atoms in total. The van der Waals surface area contributed by atoms with E-state index in [9.17, 15) is 0 Å². The molecule has 1 unspecified atom stereocenters. The van der Waals surface area contributed by atoms with Crippen LogP contribution in [0, 0.1) is 11.3 Å². The van der Waals surface area contributed by atoms with Crippen LogP contribution < -0.4 is 0 Å². The van der Waals surface area contributed by atoms with Crippen molar-refractivity contribution in [2.24, 2.45) is 11.3 Å². The number of rotatable bonds is 8. The lowest BCUT2D eigenvalue weighted by molar-refractivity contribution is 0.319. The topological polar surface area (TPSA) is 0 Å². The van der Waals surface area contributed by atoms with Gasteiger partial charge in [-0.05, 0) is 17.8 Å². The Morgan fingerprint density at radius 2 is 1.47 bits per heavy atom. The SMILES string of the molecule is CCCCCCCC(C)CCC(C)(C)C. The van der Waals surface area contributed by atoms with Gasteiger partial charge in [-0.3, -0.25) is 0 Å². The monoisotopic (exact) mass is 212 g/mol. The Kier molecular flexibility index (Phi) is 8.19. The van der Waals surface area contributed by atoms with E-state index in [1.54, 1.807) is 0 Å². The Bertz CT molecular complexity index is 129. The zero-order valence-corrected chi connectivity index (χ0v) is 11.7. The quantitative estimate of drug-likeness (QED) is 0.445. The Morgan fingerprint density at radius 3 is 2.00 bits per heavy atom. The van der Waals surface area contributed by atoms with E-state index in [-0.39, 0.29) is 0 Å². The molecule has 0 radical (unpaired) electrons. The van der Waals surface area contributed by atoms with Crippen molar-refractivity contribution >= 4 is 0 Å². The third-order valence-electron chi connectivity index (χ3n) is 3.19. The highest BCUT2D eigenvalue weighted by atomic mass is 14.2. The van der Waals surface area contributed by atoms with E-state index in [0.29, 0.717) is 5.41 Å². The summed E-state index contributed by atoms with van der Waals surface area (Å²) < 4.78 is 0. The van der Waals surface area contributed by atoms with Gasteiger partial charge in [0.25, 0.3) is 0 Å². The fraction of sp³-hybridized carbons (Fsp3) is 1.00. The maximum Gasteiger partial charge on any atom is -0.0383 e. The van der Waals surface area contributed by atoms with Gasteiger partial charge in [0.05, 0.1) is 0 Å². The van der Waals surface area contributed by atoms with Crippen LogP contribution in [0.2, 0.25) is 0 Å². The molecule has 0 aromatic heterocycles. The van der Waals surface area contributed by atoms with Crippen LogP contribution in [-0.4, -0.2) is 0 Å². The van der Waals surface area contributed by atoms with Gasteiger partial charge >= 0.3 is 0 Å². The summed E-state index contributed by atoms with van der Waals surface area (Å²) in [5, 5.41) is 0. The molecule has 0 heterocycles. The van der Waals surface area contributed by atoms with Gasteiger partial charge in [0.15, 0.2) is 0 Å². The summed E-state index contributed by atoms with van der Waals surface area (Å²) >= 11 is 0. The van der Waals surface area contributed by atoms with Gasteiger partial charge in [-0.2, -0.15) is 0 Å². The first kappa shape index (κ1) is 15.0. The van der Waals surface area contributed by atoms with Gasteiger partial charge < -0.3 is 0 Å². The number of hydrogen-bond acceptors (Lipinski definition) is 0. The fourth-order valence-corrected chi connectivity index (χ4v) is 1.92. The second kappa shape index (κ2) is 8.19. The molecule has 0 aromatic carbocycles. The van der Waals surface area contributed by atoms with Gasteiger partial charge in [-0.1, -0.05) is 79.6 Å². The lowest BCUT2D eigenvalue weighted by Crippen LogP contribution is -2.07. The summed E-state index contributed by atoms with van der Waals surface area (Å²) in [5.74, 6) is 0.936. The predicted molar refractivity (Wildman–Crippen MR) is 71.2 cm³/mol. The van der Waals surface area contributed by atoms with E-state index in [2.05, 4.69) is 34.6 Å². The first-order valence-corrected chi connectivity index (χ1v) is 6.95. The van der Waals surface area contributed by atoms with Crippen LogP contribution in [0.5, 0.6) is 0 Å². The van der Waals surface area contributed by atoms with Crippen molar-refractivity contribution in [3.8, 4) is 0 Å². The van der Waals surface area contributed by atoms with E-state index < -0.39 is 0 Å². The Balaban J connectivity index is 3.30. The summed E-state index contributed by atoms with van der Waals surface area (Å²) in [6.45, 7) is 11.8. The molecule has 0 aliphatic heterocycles. The van der Waals surface area contributed by atoms with Gasteiger partial charge in [0.1, 0.15) is 0 Å². The second-order valence-electron chi connectivity index (χ2n) is 6.41. The van der Waals surface area contributed by atoms with Crippen molar-refractivity contribution in [3.63, 3.8) is 0 Å². The van der Waals surface area contributed by atoms with Crippen LogP contribution in [0.3, 0.4) is 0 Å². The third-order valence-corrected chi connectivity index (χ3v) is 3.19. The van der Waals surface area contributed by atoms with Crippen molar-refractivity contribution in [1.29, 1.82) is 0 Å². The van der Waals surface area contributed by atoms with Crippen LogP contribution in [0.25, 0.3) is 0 Å². The molecule has 0 aliphatic carbocycles. The first-order valence-electron chi connectivity index (χ1n) is 6.95. The van der Waals surface area contributed by atoms with Gasteiger partial charge in [0, 0.05) is 0 Å². The summed E-state index contributed by atoms with van der Waals surface area (Å²) in [6.07, 6.45) is 11.4. The molecule has 0 spiro atoms. The minimum Gasteiger partial charge on any atom is -0.0654 e. The molecular weight excluding hydrogens is 180 g/mol. The fourth-order valence-electron chi connectivity index (χ4n) is 1.92. The summed E-state index contributed by atoms with van der Waals surface area (Å²) in [7, 11) is 0. The average molecular weight is 212 g/mol. The number of hydrogen-bond donors (Lipinski definition) is 0. The Labute approximate surface area is 97.8 Å². The third kappa shape index (κ3) is 11.9. The smallest absolute Gasteiger partial charge is 0.0383 e. The molecule has 15 heavy (non-hydrogen) atoms. The van der Waals surface area contributed by atoms with Gasteiger partial charge in [0.2, 0.25) is 0 Å². The van der Waals surface area contributed by atoms with Crippen molar-refractivity contribution in [2.45, 2.75) is 86.0 Å². The molecular formula is C15H32. The highest BCUT2D eigenvalue weighted by Crippen LogP contribution is 2.25. The van der Waals surface area contributed by atoms with Crippen LogP contribution in [-0.2, 0) is 0 Å². The second-order valence-corrected chi connectivity index (χ2v) is 6.41. The molecule has 0 bridgehead atoms. The Morgan fingerprint density at radius 1 is 0.867 bits per heavy atom. The average Bonchev–Trinajstić information content (AvgIpc) is 2.13. The molecule has 0 saturated carbocycles. The molecule has 0 N–H and O–H groups in total.